The van der Waals surface area contributed by atoms with Crippen LogP contribution < -0.4 is 15.5 Å². The molecule has 4 aromatic rings. The third-order valence-corrected chi connectivity index (χ3v) is 7.73. The SMILES string of the molecule is O=C(Nc1n[nH]c2ccc(C(=O)NC3(c4cccs4)CC3)cc12)c1ccc(N2CCOCC2)cc1. The molecule has 0 atom stereocenters. The van der Waals surface area contributed by atoms with E-state index in [0.717, 1.165) is 37.1 Å². The van der Waals surface area contributed by atoms with Crippen molar-refractivity contribution in [1.82, 2.24) is 15.5 Å². The molecule has 0 spiro atoms. The number of hydrogen-bond acceptors (Lipinski definition) is 6. The van der Waals surface area contributed by atoms with Crippen LogP contribution in [0.5, 0.6) is 0 Å². The number of hydrogen-bond donors (Lipinski definition) is 3. The summed E-state index contributed by atoms with van der Waals surface area (Å²) < 4.78 is 5.40. The van der Waals surface area contributed by atoms with Crippen LogP contribution in [0.4, 0.5) is 11.5 Å². The molecule has 1 saturated carbocycles. The highest BCUT2D eigenvalue weighted by atomic mass is 32.1. The maximum Gasteiger partial charge on any atom is 0.256 e. The molecule has 2 fully saturated rings. The molecular weight excluding hydrogens is 462 g/mol. The van der Waals surface area contributed by atoms with Gasteiger partial charge in [-0.1, -0.05) is 6.07 Å². The van der Waals surface area contributed by atoms with E-state index in [-0.39, 0.29) is 17.4 Å². The number of benzene rings is 2. The van der Waals surface area contributed by atoms with Gasteiger partial charge in [0.1, 0.15) is 0 Å². The Hall–Kier alpha value is -3.69. The molecule has 3 N–H and O–H groups in total. The number of nitrogens with zero attached hydrogens (tertiary/aromatic N) is 2. The molecule has 2 amide bonds. The van der Waals surface area contributed by atoms with Gasteiger partial charge in [-0.15, -0.1) is 11.3 Å². The van der Waals surface area contributed by atoms with E-state index in [2.05, 4.69) is 31.8 Å². The number of carbonyl (C=O) groups excluding carboxylic acids is 2. The van der Waals surface area contributed by atoms with E-state index in [9.17, 15) is 9.59 Å². The van der Waals surface area contributed by atoms with E-state index in [1.54, 1.807) is 23.5 Å². The van der Waals surface area contributed by atoms with Crippen molar-refractivity contribution in [3.05, 3.63) is 76.0 Å². The topological polar surface area (TPSA) is 99.3 Å². The highest BCUT2D eigenvalue weighted by Gasteiger charge is 2.46. The Morgan fingerprint density at radius 1 is 1.00 bits per heavy atom. The number of H-pyrrole nitrogens is 1. The average Bonchev–Trinajstić information content (AvgIpc) is 3.29. The molecular formula is C26H25N5O3S. The first-order valence-electron chi connectivity index (χ1n) is 11.7. The zero-order valence-electron chi connectivity index (χ0n) is 19.0. The fraction of sp³-hybridized carbons (Fsp3) is 0.269. The minimum Gasteiger partial charge on any atom is -0.378 e. The Balaban J connectivity index is 1.18. The van der Waals surface area contributed by atoms with Gasteiger partial charge in [-0.3, -0.25) is 14.7 Å². The van der Waals surface area contributed by atoms with Crippen LogP contribution in [-0.2, 0) is 10.3 Å². The van der Waals surface area contributed by atoms with Crippen molar-refractivity contribution < 1.29 is 14.3 Å². The molecule has 2 aromatic heterocycles. The Labute approximate surface area is 206 Å². The normalized spacial score (nSPS) is 16.7. The number of carbonyl (C=O) groups is 2. The second kappa shape index (κ2) is 8.83. The van der Waals surface area contributed by atoms with Gasteiger partial charge >= 0.3 is 0 Å². The summed E-state index contributed by atoms with van der Waals surface area (Å²) in [7, 11) is 0. The van der Waals surface area contributed by atoms with Gasteiger partial charge in [0, 0.05) is 40.2 Å². The number of rotatable bonds is 6. The molecule has 1 aliphatic heterocycles. The molecule has 2 aromatic carbocycles. The summed E-state index contributed by atoms with van der Waals surface area (Å²) in [5, 5.41) is 16.0. The third kappa shape index (κ3) is 4.28. The zero-order valence-corrected chi connectivity index (χ0v) is 19.9. The summed E-state index contributed by atoms with van der Waals surface area (Å²) in [5.41, 5.74) is 2.65. The summed E-state index contributed by atoms with van der Waals surface area (Å²) in [6.07, 6.45) is 1.89. The van der Waals surface area contributed by atoms with Gasteiger partial charge in [-0.25, -0.2) is 0 Å². The first-order valence-corrected chi connectivity index (χ1v) is 12.6. The molecule has 178 valence electrons. The molecule has 1 aliphatic carbocycles. The van der Waals surface area contributed by atoms with Gasteiger partial charge in [0.05, 0.1) is 24.3 Å². The van der Waals surface area contributed by atoms with Gasteiger partial charge in [0.2, 0.25) is 0 Å². The summed E-state index contributed by atoms with van der Waals surface area (Å²) in [5.74, 6) is 0.0164. The average molecular weight is 488 g/mol. The fourth-order valence-corrected chi connectivity index (χ4v) is 5.42. The van der Waals surface area contributed by atoms with Crippen LogP contribution in [0.1, 0.15) is 38.4 Å². The minimum absolute atomic E-state index is 0.130. The maximum atomic E-state index is 13.0. The lowest BCUT2D eigenvalue weighted by atomic mass is 10.1. The van der Waals surface area contributed by atoms with Crippen LogP contribution in [0.3, 0.4) is 0 Å². The monoisotopic (exact) mass is 487 g/mol. The molecule has 8 nitrogen and oxygen atoms in total. The number of morpholine rings is 1. The van der Waals surface area contributed by atoms with Gasteiger partial charge in [-0.2, -0.15) is 5.10 Å². The number of fused-ring (bicyclic) bond motifs is 1. The van der Waals surface area contributed by atoms with Crippen LogP contribution in [-0.4, -0.2) is 48.3 Å². The van der Waals surface area contributed by atoms with Crippen LogP contribution in [0.15, 0.2) is 60.0 Å². The van der Waals surface area contributed by atoms with Crippen molar-refractivity contribution >= 4 is 45.6 Å². The Morgan fingerprint density at radius 3 is 2.49 bits per heavy atom. The number of aromatic nitrogens is 2. The van der Waals surface area contributed by atoms with E-state index in [1.165, 1.54) is 4.88 Å². The highest BCUT2D eigenvalue weighted by molar-refractivity contribution is 7.10. The molecule has 0 unspecified atom stereocenters. The molecule has 0 bridgehead atoms. The zero-order chi connectivity index (χ0) is 23.8. The van der Waals surface area contributed by atoms with E-state index >= 15 is 0 Å². The fourth-order valence-electron chi connectivity index (χ4n) is 4.47. The molecule has 3 heterocycles. The van der Waals surface area contributed by atoms with Crippen molar-refractivity contribution in [1.29, 1.82) is 0 Å². The van der Waals surface area contributed by atoms with Crippen molar-refractivity contribution in [3.8, 4) is 0 Å². The predicted octanol–water partition coefficient (Wildman–Crippen LogP) is 4.13. The van der Waals surface area contributed by atoms with Crippen LogP contribution in [0.25, 0.3) is 10.9 Å². The van der Waals surface area contributed by atoms with Crippen LogP contribution in [0.2, 0.25) is 0 Å². The molecule has 2 aliphatic rings. The number of anilines is 2. The standard InChI is InChI=1S/C26H25N5O3S/c32-24(17-3-6-19(7-4-17)31-11-13-34-14-12-31)27-23-20-16-18(5-8-21(20)29-30-23)25(33)28-26(9-10-26)22-2-1-15-35-22/h1-8,15-16H,9-14H2,(H,28,33)(H2,27,29,30,32). The lowest BCUT2D eigenvalue weighted by molar-refractivity contribution is 0.0931. The minimum atomic E-state index is -0.253. The number of amides is 2. The second-order valence-electron chi connectivity index (χ2n) is 8.95. The van der Waals surface area contributed by atoms with Gasteiger partial charge < -0.3 is 20.3 Å². The van der Waals surface area contributed by atoms with E-state index in [4.69, 9.17) is 4.74 Å². The van der Waals surface area contributed by atoms with Crippen molar-refractivity contribution in [2.24, 2.45) is 0 Å². The molecule has 35 heavy (non-hydrogen) atoms. The summed E-state index contributed by atoms with van der Waals surface area (Å²) in [6, 6.07) is 17.0. The van der Waals surface area contributed by atoms with E-state index in [0.29, 0.717) is 35.5 Å². The predicted molar refractivity (Wildman–Crippen MR) is 136 cm³/mol. The van der Waals surface area contributed by atoms with Gasteiger partial charge in [0.15, 0.2) is 5.82 Å². The largest absolute Gasteiger partial charge is 0.378 e. The van der Waals surface area contributed by atoms with Crippen LogP contribution in [0, 0.1) is 0 Å². The number of aromatic amines is 1. The van der Waals surface area contributed by atoms with Gasteiger partial charge in [-0.05, 0) is 66.8 Å². The summed E-state index contributed by atoms with van der Waals surface area (Å²) in [6.45, 7) is 3.11. The number of ether oxygens (including phenoxy) is 1. The second-order valence-corrected chi connectivity index (χ2v) is 9.89. The maximum absolute atomic E-state index is 13.0. The van der Waals surface area contributed by atoms with Crippen molar-refractivity contribution in [3.63, 3.8) is 0 Å². The lowest BCUT2D eigenvalue weighted by Gasteiger charge is -2.28. The molecule has 9 heteroatoms. The van der Waals surface area contributed by atoms with Crippen molar-refractivity contribution in [2.75, 3.05) is 36.5 Å². The molecule has 1 saturated heterocycles. The molecule has 0 radical (unpaired) electrons. The molecule has 6 rings (SSSR count). The lowest BCUT2D eigenvalue weighted by Crippen LogP contribution is -2.36. The Bertz CT molecular complexity index is 1370. The quantitative estimate of drug-likeness (QED) is 0.380. The first-order chi connectivity index (χ1) is 17.1. The van der Waals surface area contributed by atoms with Crippen LogP contribution >= 0.6 is 11.3 Å². The number of thiophene rings is 1. The smallest absolute Gasteiger partial charge is 0.256 e. The highest BCUT2D eigenvalue weighted by Crippen LogP contribution is 2.47. The van der Waals surface area contributed by atoms with E-state index in [1.807, 2.05) is 41.8 Å². The third-order valence-electron chi connectivity index (χ3n) is 6.66. The number of nitrogens with one attached hydrogen (secondary N) is 3. The Kier molecular flexibility index (Phi) is 5.50. The first kappa shape index (κ1) is 21.8. The van der Waals surface area contributed by atoms with E-state index < -0.39 is 0 Å². The summed E-state index contributed by atoms with van der Waals surface area (Å²) in [4.78, 5) is 29.4. The Morgan fingerprint density at radius 2 is 1.77 bits per heavy atom. The van der Waals surface area contributed by atoms with Gasteiger partial charge in [0.25, 0.3) is 11.8 Å². The van der Waals surface area contributed by atoms with Crippen molar-refractivity contribution in [2.45, 2.75) is 18.4 Å². The summed E-state index contributed by atoms with van der Waals surface area (Å²) >= 11 is 1.66.